The third kappa shape index (κ3) is 1.96. The van der Waals surface area contributed by atoms with Crippen molar-refractivity contribution in [1.29, 1.82) is 0 Å². The van der Waals surface area contributed by atoms with Gasteiger partial charge in [-0.3, -0.25) is 4.90 Å². The van der Waals surface area contributed by atoms with Gasteiger partial charge in [0.2, 0.25) is 0 Å². The average Bonchev–Trinajstić information content (AvgIpc) is 2.40. The van der Waals surface area contributed by atoms with E-state index in [9.17, 15) is 0 Å². The van der Waals surface area contributed by atoms with Crippen LogP contribution in [0.15, 0.2) is 0 Å². The molecule has 2 aliphatic rings. The Morgan fingerprint density at radius 1 is 1.29 bits per heavy atom. The largest absolute Gasteiger partial charge is 0.315 e. The number of hydrogen-bond donors (Lipinski definition) is 1. The Morgan fingerprint density at radius 2 is 2.07 bits per heavy atom. The fourth-order valence-corrected chi connectivity index (χ4v) is 3.31. The van der Waals surface area contributed by atoms with Crippen molar-refractivity contribution in [2.75, 3.05) is 13.1 Å². The molecule has 0 radical (unpaired) electrons. The van der Waals surface area contributed by atoms with Crippen LogP contribution in [0.1, 0.15) is 46.0 Å². The van der Waals surface area contributed by atoms with Gasteiger partial charge in [-0.05, 0) is 39.2 Å². The summed E-state index contributed by atoms with van der Waals surface area (Å²) in [5.74, 6) is 0. The van der Waals surface area contributed by atoms with Gasteiger partial charge in [0.15, 0.2) is 0 Å². The molecule has 2 aliphatic heterocycles. The first kappa shape index (κ1) is 10.4. The van der Waals surface area contributed by atoms with Gasteiger partial charge in [-0.15, -0.1) is 0 Å². The number of fused-ring (bicyclic) bond motifs is 2. The number of nitrogens with zero attached hydrogens (tertiary/aromatic N) is 1. The summed E-state index contributed by atoms with van der Waals surface area (Å²) in [4.78, 5) is 2.81. The summed E-state index contributed by atoms with van der Waals surface area (Å²) in [7, 11) is 0. The quantitative estimate of drug-likeness (QED) is 0.743. The molecule has 2 saturated heterocycles. The third-order valence-corrected chi connectivity index (χ3v) is 3.93. The van der Waals surface area contributed by atoms with E-state index in [1.165, 1.54) is 45.2 Å². The zero-order valence-electron chi connectivity index (χ0n) is 9.63. The van der Waals surface area contributed by atoms with Crippen molar-refractivity contribution in [3.63, 3.8) is 0 Å². The Labute approximate surface area is 88.1 Å². The molecule has 0 aromatic rings. The fourth-order valence-electron chi connectivity index (χ4n) is 3.31. The van der Waals surface area contributed by atoms with Crippen LogP contribution in [0.3, 0.4) is 0 Å². The van der Waals surface area contributed by atoms with E-state index in [-0.39, 0.29) is 0 Å². The molecule has 2 fully saturated rings. The molecule has 2 bridgehead atoms. The molecule has 0 aliphatic carbocycles. The molecular weight excluding hydrogens is 172 g/mol. The van der Waals surface area contributed by atoms with Gasteiger partial charge in [-0.25, -0.2) is 0 Å². The second-order valence-corrected chi connectivity index (χ2v) is 4.96. The monoisotopic (exact) mass is 196 g/mol. The molecule has 82 valence electrons. The number of rotatable bonds is 3. The lowest BCUT2D eigenvalue weighted by Crippen LogP contribution is -2.43. The summed E-state index contributed by atoms with van der Waals surface area (Å²) < 4.78 is 0. The van der Waals surface area contributed by atoms with Crippen LogP contribution in [0.5, 0.6) is 0 Å². The Morgan fingerprint density at radius 3 is 2.86 bits per heavy atom. The van der Waals surface area contributed by atoms with Gasteiger partial charge in [0.25, 0.3) is 0 Å². The molecule has 3 unspecified atom stereocenters. The number of hydrogen-bond acceptors (Lipinski definition) is 2. The van der Waals surface area contributed by atoms with E-state index in [1.807, 2.05) is 0 Å². The molecule has 1 N–H and O–H groups in total. The van der Waals surface area contributed by atoms with Crippen molar-refractivity contribution in [3.8, 4) is 0 Å². The molecular formula is C12H24N2. The van der Waals surface area contributed by atoms with Crippen LogP contribution in [0.2, 0.25) is 0 Å². The maximum Gasteiger partial charge on any atom is 0.0226 e. The van der Waals surface area contributed by atoms with Gasteiger partial charge in [0.05, 0.1) is 0 Å². The van der Waals surface area contributed by atoms with Crippen LogP contribution in [-0.2, 0) is 0 Å². The molecule has 0 saturated carbocycles. The molecule has 0 amide bonds. The minimum absolute atomic E-state index is 0.803. The smallest absolute Gasteiger partial charge is 0.0226 e. The highest BCUT2D eigenvalue weighted by atomic mass is 15.3. The first-order valence-electron chi connectivity index (χ1n) is 6.31. The summed E-state index contributed by atoms with van der Waals surface area (Å²) in [6, 6.07) is 2.53. The van der Waals surface area contributed by atoms with Crippen LogP contribution in [0.4, 0.5) is 0 Å². The SMILES string of the molecule is CCCC(C)N1C2CCNCC1CC2. The van der Waals surface area contributed by atoms with Crippen molar-refractivity contribution in [2.24, 2.45) is 0 Å². The molecule has 0 aromatic heterocycles. The van der Waals surface area contributed by atoms with Crippen molar-refractivity contribution in [3.05, 3.63) is 0 Å². The van der Waals surface area contributed by atoms with Gasteiger partial charge in [0, 0.05) is 24.7 Å². The van der Waals surface area contributed by atoms with Gasteiger partial charge in [-0.2, -0.15) is 0 Å². The second-order valence-electron chi connectivity index (χ2n) is 4.96. The highest BCUT2D eigenvalue weighted by Crippen LogP contribution is 2.30. The second kappa shape index (κ2) is 4.63. The minimum atomic E-state index is 0.803. The predicted octanol–water partition coefficient (Wildman–Crippen LogP) is 2.00. The maximum absolute atomic E-state index is 3.56. The van der Waals surface area contributed by atoms with E-state index >= 15 is 0 Å². The normalized spacial score (nSPS) is 35.6. The lowest BCUT2D eigenvalue weighted by Gasteiger charge is -2.33. The summed E-state index contributed by atoms with van der Waals surface area (Å²) in [6.45, 7) is 7.18. The van der Waals surface area contributed by atoms with Crippen LogP contribution in [0, 0.1) is 0 Å². The Bertz CT molecular complexity index is 167. The minimum Gasteiger partial charge on any atom is -0.315 e. The van der Waals surface area contributed by atoms with Crippen molar-refractivity contribution in [2.45, 2.75) is 64.1 Å². The van der Waals surface area contributed by atoms with Gasteiger partial charge < -0.3 is 5.32 Å². The summed E-state index contributed by atoms with van der Waals surface area (Å²) in [5, 5.41) is 3.56. The average molecular weight is 196 g/mol. The molecule has 2 heterocycles. The molecule has 2 rings (SSSR count). The summed E-state index contributed by atoms with van der Waals surface area (Å²) in [5.41, 5.74) is 0. The van der Waals surface area contributed by atoms with Crippen molar-refractivity contribution >= 4 is 0 Å². The first-order chi connectivity index (χ1) is 6.83. The standard InChI is InChI=1S/C12H24N2/c1-3-4-10(2)14-11-5-6-12(14)9-13-8-7-11/h10-13H,3-9H2,1-2H3. The summed E-state index contributed by atoms with van der Waals surface area (Å²) >= 11 is 0. The lowest BCUT2D eigenvalue weighted by atomic mass is 10.1. The van der Waals surface area contributed by atoms with Crippen LogP contribution < -0.4 is 5.32 Å². The molecule has 2 nitrogen and oxygen atoms in total. The molecule has 3 atom stereocenters. The predicted molar refractivity (Wildman–Crippen MR) is 60.5 cm³/mol. The van der Waals surface area contributed by atoms with Crippen LogP contribution in [-0.4, -0.2) is 36.1 Å². The zero-order valence-corrected chi connectivity index (χ0v) is 9.63. The Balaban J connectivity index is 2.01. The van der Waals surface area contributed by atoms with E-state index in [4.69, 9.17) is 0 Å². The highest BCUT2D eigenvalue weighted by Gasteiger charge is 2.36. The zero-order chi connectivity index (χ0) is 9.97. The third-order valence-electron chi connectivity index (χ3n) is 3.93. The van der Waals surface area contributed by atoms with Crippen LogP contribution in [0.25, 0.3) is 0 Å². The number of nitrogens with one attached hydrogen (secondary N) is 1. The van der Waals surface area contributed by atoms with E-state index in [0.29, 0.717) is 0 Å². The van der Waals surface area contributed by atoms with E-state index in [1.54, 1.807) is 0 Å². The Hall–Kier alpha value is -0.0800. The van der Waals surface area contributed by atoms with E-state index in [2.05, 4.69) is 24.1 Å². The molecule has 2 heteroatoms. The van der Waals surface area contributed by atoms with Crippen molar-refractivity contribution < 1.29 is 0 Å². The fraction of sp³-hybridized carbons (Fsp3) is 1.00. The van der Waals surface area contributed by atoms with Gasteiger partial charge in [0.1, 0.15) is 0 Å². The van der Waals surface area contributed by atoms with Crippen molar-refractivity contribution in [1.82, 2.24) is 10.2 Å². The lowest BCUT2D eigenvalue weighted by molar-refractivity contribution is 0.139. The maximum atomic E-state index is 3.56. The van der Waals surface area contributed by atoms with E-state index in [0.717, 1.165) is 18.1 Å². The van der Waals surface area contributed by atoms with Gasteiger partial charge in [-0.1, -0.05) is 13.3 Å². The summed E-state index contributed by atoms with van der Waals surface area (Å²) in [6.07, 6.45) is 6.92. The van der Waals surface area contributed by atoms with Gasteiger partial charge >= 0.3 is 0 Å². The first-order valence-corrected chi connectivity index (χ1v) is 6.31. The highest BCUT2D eigenvalue weighted by molar-refractivity contribution is 4.94. The molecule has 14 heavy (non-hydrogen) atoms. The molecule has 0 aromatic carbocycles. The van der Waals surface area contributed by atoms with Crippen LogP contribution >= 0.6 is 0 Å². The van der Waals surface area contributed by atoms with E-state index < -0.39 is 0 Å². The Kier molecular flexibility index (Phi) is 3.45. The topological polar surface area (TPSA) is 15.3 Å². The molecule has 0 spiro atoms.